The van der Waals surface area contributed by atoms with Crippen molar-refractivity contribution >= 4 is 11.9 Å². The number of carboxylic acids is 1. The van der Waals surface area contributed by atoms with Crippen LogP contribution in [-0.2, 0) is 17.9 Å². The minimum absolute atomic E-state index is 0.105. The molecule has 0 aliphatic heterocycles. The lowest BCUT2D eigenvalue weighted by molar-refractivity contribution is 0.0694. The number of aromatic carboxylic acids is 1. The van der Waals surface area contributed by atoms with E-state index in [1.807, 2.05) is 12.1 Å². The zero-order chi connectivity index (χ0) is 16.1. The molecule has 0 spiro atoms. The maximum Gasteiger partial charge on any atom is 0.339 e. The van der Waals surface area contributed by atoms with Gasteiger partial charge in [-0.25, -0.2) is 4.79 Å². The minimum atomic E-state index is -1.05. The largest absolute Gasteiger partial charge is 0.478 e. The summed E-state index contributed by atoms with van der Waals surface area (Å²) in [7, 11) is 1.61. The van der Waals surface area contributed by atoms with E-state index >= 15 is 0 Å². The summed E-state index contributed by atoms with van der Waals surface area (Å²) in [5.41, 5.74) is 1.60. The van der Waals surface area contributed by atoms with E-state index in [1.54, 1.807) is 26.2 Å². The molecule has 0 unspecified atom stereocenters. The number of carboxylic acid groups (broad SMARTS) is 1. The molecule has 2 aromatic rings. The van der Waals surface area contributed by atoms with Gasteiger partial charge >= 0.3 is 5.97 Å². The number of hydrogen-bond acceptors (Lipinski definition) is 4. The van der Waals surface area contributed by atoms with Crippen LogP contribution < -0.4 is 5.32 Å². The van der Waals surface area contributed by atoms with Gasteiger partial charge in [-0.2, -0.15) is 0 Å². The van der Waals surface area contributed by atoms with Crippen LogP contribution >= 0.6 is 0 Å². The summed E-state index contributed by atoms with van der Waals surface area (Å²) in [6.45, 7) is 2.20. The van der Waals surface area contributed by atoms with E-state index < -0.39 is 5.97 Å². The van der Waals surface area contributed by atoms with Gasteiger partial charge in [-0.05, 0) is 30.7 Å². The van der Waals surface area contributed by atoms with Gasteiger partial charge in [0.2, 0.25) is 0 Å². The van der Waals surface area contributed by atoms with Crippen LogP contribution in [0.5, 0.6) is 0 Å². The number of hydrogen-bond donors (Lipinski definition) is 2. The molecule has 2 N–H and O–H groups in total. The third-order valence-electron chi connectivity index (χ3n) is 3.15. The molecule has 0 bridgehead atoms. The second kappa shape index (κ2) is 6.91. The Balaban J connectivity index is 1.97. The third-order valence-corrected chi connectivity index (χ3v) is 3.15. The molecule has 0 saturated carbocycles. The second-order valence-corrected chi connectivity index (χ2v) is 4.80. The number of ether oxygens (including phenoxy) is 1. The van der Waals surface area contributed by atoms with Crippen LogP contribution in [0.3, 0.4) is 0 Å². The summed E-state index contributed by atoms with van der Waals surface area (Å²) in [5, 5.41) is 11.6. The first-order valence-corrected chi connectivity index (χ1v) is 6.70. The summed E-state index contributed by atoms with van der Waals surface area (Å²) in [5.74, 6) is -0.581. The average molecular weight is 303 g/mol. The lowest BCUT2D eigenvalue weighted by Gasteiger charge is -2.04. The van der Waals surface area contributed by atoms with Crippen LogP contribution in [0.25, 0.3) is 0 Å². The second-order valence-electron chi connectivity index (χ2n) is 4.80. The van der Waals surface area contributed by atoms with Crippen LogP contribution in [0.4, 0.5) is 0 Å². The molecule has 0 fully saturated rings. The van der Waals surface area contributed by atoms with Crippen LogP contribution in [0.1, 0.15) is 37.8 Å². The Hall–Kier alpha value is -2.60. The normalized spacial score (nSPS) is 10.5. The Labute approximate surface area is 127 Å². The SMILES string of the molecule is COCc1ccc(C(=O)NCc2cc(C(=O)O)c(C)o2)cc1. The van der Waals surface area contributed by atoms with Crippen LogP contribution in [0, 0.1) is 6.92 Å². The van der Waals surface area contributed by atoms with Crippen molar-refractivity contribution in [2.24, 2.45) is 0 Å². The predicted molar refractivity (Wildman–Crippen MR) is 78.7 cm³/mol. The van der Waals surface area contributed by atoms with E-state index in [0.29, 0.717) is 23.7 Å². The highest BCUT2D eigenvalue weighted by Gasteiger charge is 2.14. The molecule has 0 radical (unpaired) electrons. The summed E-state index contributed by atoms with van der Waals surface area (Å²) in [6, 6.07) is 8.47. The van der Waals surface area contributed by atoms with Crippen molar-refractivity contribution < 1.29 is 23.8 Å². The highest BCUT2D eigenvalue weighted by atomic mass is 16.5. The zero-order valence-electron chi connectivity index (χ0n) is 12.4. The number of nitrogens with one attached hydrogen (secondary N) is 1. The minimum Gasteiger partial charge on any atom is -0.478 e. The molecule has 6 heteroatoms. The molecule has 1 aromatic carbocycles. The molecular formula is C16H17NO5. The first kappa shape index (κ1) is 15.8. The highest BCUT2D eigenvalue weighted by molar-refractivity contribution is 5.94. The first-order chi connectivity index (χ1) is 10.5. The molecule has 1 heterocycles. The van der Waals surface area contributed by atoms with E-state index in [9.17, 15) is 9.59 Å². The maximum atomic E-state index is 12.0. The molecule has 0 saturated heterocycles. The van der Waals surface area contributed by atoms with E-state index in [1.165, 1.54) is 6.07 Å². The number of carbonyl (C=O) groups excluding carboxylic acids is 1. The van der Waals surface area contributed by atoms with Crippen molar-refractivity contribution in [2.45, 2.75) is 20.1 Å². The Morgan fingerprint density at radius 1 is 1.27 bits per heavy atom. The highest BCUT2D eigenvalue weighted by Crippen LogP contribution is 2.14. The summed E-state index contributed by atoms with van der Waals surface area (Å²) in [4.78, 5) is 22.9. The van der Waals surface area contributed by atoms with Crippen LogP contribution in [0.15, 0.2) is 34.7 Å². The number of carbonyl (C=O) groups is 2. The maximum absolute atomic E-state index is 12.0. The van der Waals surface area contributed by atoms with Gasteiger partial charge in [-0.15, -0.1) is 0 Å². The van der Waals surface area contributed by atoms with Crippen molar-refractivity contribution in [3.8, 4) is 0 Å². The molecule has 0 aliphatic rings. The molecule has 22 heavy (non-hydrogen) atoms. The smallest absolute Gasteiger partial charge is 0.339 e. The van der Waals surface area contributed by atoms with Gasteiger partial charge < -0.3 is 19.6 Å². The Bertz CT molecular complexity index is 672. The molecule has 1 aromatic heterocycles. The molecule has 0 aliphatic carbocycles. The molecule has 6 nitrogen and oxygen atoms in total. The van der Waals surface area contributed by atoms with Gasteiger partial charge in [0.1, 0.15) is 17.1 Å². The molecule has 0 atom stereocenters. The number of benzene rings is 1. The van der Waals surface area contributed by atoms with Gasteiger partial charge in [0.05, 0.1) is 13.2 Å². The van der Waals surface area contributed by atoms with Crippen molar-refractivity contribution in [3.63, 3.8) is 0 Å². The van der Waals surface area contributed by atoms with Gasteiger partial charge in [-0.3, -0.25) is 4.79 Å². The lowest BCUT2D eigenvalue weighted by Crippen LogP contribution is -2.22. The van der Waals surface area contributed by atoms with E-state index in [-0.39, 0.29) is 18.0 Å². The molecule has 1 amide bonds. The monoisotopic (exact) mass is 303 g/mol. The lowest BCUT2D eigenvalue weighted by atomic mass is 10.1. The first-order valence-electron chi connectivity index (χ1n) is 6.70. The van der Waals surface area contributed by atoms with Gasteiger partial charge in [0.15, 0.2) is 0 Å². The molecule has 2 rings (SSSR count). The number of furan rings is 1. The van der Waals surface area contributed by atoms with Gasteiger partial charge in [0, 0.05) is 12.7 Å². The van der Waals surface area contributed by atoms with Gasteiger partial charge in [-0.1, -0.05) is 12.1 Å². The number of methoxy groups -OCH3 is 1. The fourth-order valence-corrected chi connectivity index (χ4v) is 2.03. The number of aryl methyl sites for hydroxylation is 1. The molecular weight excluding hydrogens is 286 g/mol. The quantitative estimate of drug-likeness (QED) is 0.855. The Morgan fingerprint density at radius 3 is 2.50 bits per heavy atom. The zero-order valence-corrected chi connectivity index (χ0v) is 12.4. The average Bonchev–Trinajstić information content (AvgIpc) is 2.87. The summed E-state index contributed by atoms with van der Waals surface area (Å²) in [6.07, 6.45) is 0. The fourth-order valence-electron chi connectivity index (χ4n) is 2.03. The van der Waals surface area contributed by atoms with Crippen molar-refractivity contribution in [1.29, 1.82) is 0 Å². The van der Waals surface area contributed by atoms with E-state index in [0.717, 1.165) is 5.56 Å². The number of amides is 1. The van der Waals surface area contributed by atoms with E-state index in [2.05, 4.69) is 5.32 Å². The van der Waals surface area contributed by atoms with Crippen LogP contribution in [-0.4, -0.2) is 24.1 Å². The Kier molecular flexibility index (Phi) is 4.95. The third kappa shape index (κ3) is 3.73. The standard InChI is InChI=1S/C16H17NO5/c1-10-14(16(19)20)7-13(22-10)8-17-15(18)12-5-3-11(4-6-12)9-21-2/h3-7H,8-9H2,1-2H3,(H,17,18)(H,19,20). The fraction of sp³-hybridized carbons (Fsp3) is 0.250. The Morgan fingerprint density at radius 2 is 1.95 bits per heavy atom. The topological polar surface area (TPSA) is 88.8 Å². The van der Waals surface area contributed by atoms with E-state index in [4.69, 9.17) is 14.3 Å². The van der Waals surface area contributed by atoms with Crippen LogP contribution in [0.2, 0.25) is 0 Å². The summed E-state index contributed by atoms with van der Waals surface area (Å²) >= 11 is 0. The molecule has 116 valence electrons. The van der Waals surface area contributed by atoms with Crippen molar-refractivity contribution in [1.82, 2.24) is 5.32 Å². The van der Waals surface area contributed by atoms with Gasteiger partial charge in [0.25, 0.3) is 5.91 Å². The summed E-state index contributed by atoms with van der Waals surface area (Å²) < 4.78 is 10.3. The number of rotatable bonds is 6. The predicted octanol–water partition coefficient (Wildman–Crippen LogP) is 2.36. The van der Waals surface area contributed by atoms with Crippen molar-refractivity contribution in [3.05, 3.63) is 58.5 Å². The van der Waals surface area contributed by atoms with Crippen molar-refractivity contribution in [2.75, 3.05) is 7.11 Å².